The molecular weight excluding hydrogens is 188 g/mol. The van der Waals surface area contributed by atoms with Crippen LogP contribution in [0.15, 0.2) is 12.1 Å². The highest BCUT2D eigenvalue weighted by atomic mass is 35.5. The summed E-state index contributed by atoms with van der Waals surface area (Å²) in [5.41, 5.74) is 0.960. The molecule has 0 heterocycles. The van der Waals surface area contributed by atoms with Crippen LogP contribution in [0.25, 0.3) is 0 Å². The molecule has 0 bridgehead atoms. The van der Waals surface area contributed by atoms with Gasteiger partial charge in [-0.25, -0.2) is 0 Å². The van der Waals surface area contributed by atoms with Gasteiger partial charge in [-0.05, 0) is 18.1 Å². The summed E-state index contributed by atoms with van der Waals surface area (Å²) < 4.78 is 0. The van der Waals surface area contributed by atoms with E-state index in [4.69, 9.17) is 11.6 Å². The molecule has 0 amide bonds. The van der Waals surface area contributed by atoms with Crippen molar-refractivity contribution in [1.82, 2.24) is 0 Å². The maximum Gasteiger partial charge on any atom is 0.155 e. The number of carbonyl (C=O) groups excluding carboxylic acids is 1. The van der Waals surface area contributed by atoms with Crippen LogP contribution < -0.4 is 0 Å². The Kier molecular flexibility index (Phi) is 3.32. The van der Waals surface area contributed by atoms with Crippen molar-refractivity contribution in [2.24, 2.45) is 0 Å². The second-order valence-electron chi connectivity index (χ2n) is 2.84. The molecular formula is C10H11ClO2. The predicted molar refractivity (Wildman–Crippen MR) is 52.5 cm³/mol. The third kappa shape index (κ3) is 2.01. The molecule has 0 spiro atoms. The van der Waals surface area contributed by atoms with E-state index in [0.717, 1.165) is 18.4 Å². The van der Waals surface area contributed by atoms with Crippen LogP contribution in [0.5, 0.6) is 5.75 Å². The Morgan fingerprint density at radius 3 is 2.77 bits per heavy atom. The number of phenols is 1. The predicted octanol–water partition coefficient (Wildman–Crippen LogP) is 2.81. The Hall–Kier alpha value is -1.02. The van der Waals surface area contributed by atoms with E-state index in [1.807, 2.05) is 6.92 Å². The van der Waals surface area contributed by atoms with E-state index in [0.29, 0.717) is 11.3 Å². The molecule has 0 saturated carbocycles. The topological polar surface area (TPSA) is 37.3 Å². The van der Waals surface area contributed by atoms with Crippen molar-refractivity contribution in [1.29, 1.82) is 0 Å². The Morgan fingerprint density at radius 2 is 2.23 bits per heavy atom. The van der Waals surface area contributed by atoms with Crippen LogP contribution in [-0.2, 0) is 6.42 Å². The highest BCUT2D eigenvalue weighted by Crippen LogP contribution is 2.28. The molecule has 0 aromatic heterocycles. The number of hydrogen-bond donors (Lipinski definition) is 1. The van der Waals surface area contributed by atoms with Crippen molar-refractivity contribution in [2.45, 2.75) is 19.8 Å². The van der Waals surface area contributed by atoms with E-state index in [1.54, 1.807) is 12.1 Å². The number of halogens is 1. The van der Waals surface area contributed by atoms with E-state index in [1.165, 1.54) is 0 Å². The van der Waals surface area contributed by atoms with Gasteiger partial charge in [-0.2, -0.15) is 0 Å². The largest absolute Gasteiger partial charge is 0.507 e. The average Bonchev–Trinajstić information content (AvgIpc) is 2.11. The summed E-state index contributed by atoms with van der Waals surface area (Å²) in [6, 6.07) is 3.38. The van der Waals surface area contributed by atoms with Crippen LogP contribution in [0.4, 0.5) is 0 Å². The molecule has 1 rings (SSSR count). The molecule has 0 aliphatic rings. The van der Waals surface area contributed by atoms with E-state index in [2.05, 4.69) is 0 Å². The van der Waals surface area contributed by atoms with E-state index in [9.17, 15) is 9.90 Å². The first-order valence-electron chi connectivity index (χ1n) is 4.16. The van der Waals surface area contributed by atoms with Gasteiger partial charge in [0, 0.05) is 0 Å². The molecule has 3 heteroatoms. The van der Waals surface area contributed by atoms with Crippen LogP contribution in [0.2, 0.25) is 5.02 Å². The van der Waals surface area contributed by atoms with Gasteiger partial charge in [0.25, 0.3) is 0 Å². The summed E-state index contributed by atoms with van der Waals surface area (Å²) in [6.07, 6.45) is 2.26. The van der Waals surface area contributed by atoms with Crippen molar-refractivity contribution in [3.63, 3.8) is 0 Å². The number of hydrogen-bond acceptors (Lipinski definition) is 2. The zero-order valence-corrected chi connectivity index (χ0v) is 8.14. The molecule has 1 aromatic rings. The van der Waals surface area contributed by atoms with Crippen LogP contribution in [-0.4, -0.2) is 11.4 Å². The molecule has 1 aromatic carbocycles. The summed E-state index contributed by atoms with van der Waals surface area (Å²) in [4.78, 5) is 10.6. The average molecular weight is 199 g/mol. The zero-order valence-electron chi connectivity index (χ0n) is 7.38. The number of aldehydes is 1. The number of carbonyl (C=O) groups is 1. The van der Waals surface area contributed by atoms with Crippen LogP contribution in [0.3, 0.4) is 0 Å². The summed E-state index contributed by atoms with van der Waals surface area (Å²) in [6.45, 7) is 2.01. The summed E-state index contributed by atoms with van der Waals surface area (Å²) >= 11 is 5.71. The number of benzene rings is 1. The maximum absolute atomic E-state index is 10.6. The van der Waals surface area contributed by atoms with Crippen molar-refractivity contribution in [2.75, 3.05) is 0 Å². The van der Waals surface area contributed by atoms with Gasteiger partial charge >= 0.3 is 0 Å². The number of phenolic OH excluding ortho intramolecular Hbond substituents is 1. The fourth-order valence-electron chi connectivity index (χ4n) is 1.21. The van der Waals surface area contributed by atoms with Gasteiger partial charge in [-0.15, -0.1) is 0 Å². The molecule has 70 valence electrons. The lowest BCUT2D eigenvalue weighted by molar-refractivity contribution is 0.112. The Bertz CT molecular complexity index is 321. The molecule has 1 N–H and O–H groups in total. The van der Waals surface area contributed by atoms with Gasteiger partial charge in [0.1, 0.15) is 5.75 Å². The summed E-state index contributed by atoms with van der Waals surface area (Å²) in [7, 11) is 0. The van der Waals surface area contributed by atoms with E-state index >= 15 is 0 Å². The number of aryl methyl sites for hydroxylation is 1. The van der Waals surface area contributed by atoms with Gasteiger partial charge in [0.2, 0.25) is 0 Å². The molecule has 0 saturated heterocycles. The minimum atomic E-state index is 0.0179. The van der Waals surface area contributed by atoms with Crippen LogP contribution in [0, 0.1) is 0 Å². The zero-order chi connectivity index (χ0) is 9.84. The second kappa shape index (κ2) is 4.28. The first kappa shape index (κ1) is 10.1. The molecule has 2 nitrogen and oxygen atoms in total. The molecule has 0 radical (unpaired) electrons. The van der Waals surface area contributed by atoms with Gasteiger partial charge < -0.3 is 5.11 Å². The lowest BCUT2D eigenvalue weighted by Crippen LogP contribution is -1.90. The highest BCUT2D eigenvalue weighted by molar-refractivity contribution is 6.33. The minimum Gasteiger partial charge on any atom is -0.507 e. The number of rotatable bonds is 3. The van der Waals surface area contributed by atoms with Crippen molar-refractivity contribution in [3.8, 4) is 5.75 Å². The first-order chi connectivity index (χ1) is 6.20. The quantitative estimate of drug-likeness (QED) is 0.759. The SMILES string of the molecule is CCCc1ccc(Cl)c(C=O)c1O. The van der Waals surface area contributed by atoms with Crippen molar-refractivity contribution >= 4 is 17.9 Å². The minimum absolute atomic E-state index is 0.0179. The second-order valence-corrected chi connectivity index (χ2v) is 3.24. The maximum atomic E-state index is 10.6. The fourth-order valence-corrected chi connectivity index (χ4v) is 1.41. The molecule has 0 unspecified atom stereocenters. The molecule has 0 aliphatic heterocycles. The van der Waals surface area contributed by atoms with Crippen molar-refractivity contribution in [3.05, 3.63) is 28.3 Å². The molecule has 0 fully saturated rings. The summed E-state index contributed by atoms with van der Waals surface area (Å²) in [5.74, 6) is 0.0179. The lowest BCUT2D eigenvalue weighted by Gasteiger charge is -2.06. The van der Waals surface area contributed by atoms with Crippen LogP contribution in [0.1, 0.15) is 29.3 Å². The Balaban J connectivity index is 3.19. The smallest absolute Gasteiger partial charge is 0.155 e. The monoisotopic (exact) mass is 198 g/mol. The Morgan fingerprint density at radius 1 is 1.54 bits per heavy atom. The van der Waals surface area contributed by atoms with Gasteiger partial charge in [-0.3, -0.25) is 4.79 Å². The molecule has 0 aliphatic carbocycles. The normalized spacial score (nSPS) is 10.0. The van der Waals surface area contributed by atoms with Gasteiger partial charge in [0.05, 0.1) is 10.6 Å². The van der Waals surface area contributed by atoms with Gasteiger partial charge in [0.15, 0.2) is 6.29 Å². The molecule has 0 atom stereocenters. The van der Waals surface area contributed by atoms with E-state index < -0.39 is 0 Å². The third-order valence-corrected chi connectivity index (χ3v) is 2.21. The van der Waals surface area contributed by atoms with E-state index in [-0.39, 0.29) is 11.3 Å². The molecule has 13 heavy (non-hydrogen) atoms. The third-order valence-electron chi connectivity index (χ3n) is 1.88. The van der Waals surface area contributed by atoms with Gasteiger partial charge in [-0.1, -0.05) is 31.0 Å². The summed E-state index contributed by atoms with van der Waals surface area (Å²) in [5, 5.41) is 9.88. The van der Waals surface area contributed by atoms with Crippen LogP contribution >= 0.6 is 11.6 Å². The highest BCUT2D eigenvalue weighted by Gasteiger charge is 2.09. The Labute approximate surface area is 82.2 Å². The fraction of sp³-hybridized carbons (Fsp3) is 0.300. The standard InChI is InChI=1S/C10H11ClO2/c1-2-3-7-4-5-9(11)8(6-12)10(7)13/h4-6,13H,2-3H2,1H3. The first-order valence-corrected chi connectivity index (χ1v) is 4.54. The number of aromatic hydroxyl groups is 1. The lowest BCUT2D eigenvalue weighted by atomic mass is 10.1. The van der Waals surface area contributed by atoms with Crippen molar-refractivity contribution < 1.29 is 9.90 Å².